The summed E-state index contributed by atoms with van der Waals surface area (Å²) in [4.78, 5) is 28.6. The van der Waals surface area contributed by atoms with Crippen molar-refractivity contribution in [1.82, 2.24) is 15.1 Å². The number of urea groups is 1. The van der Waals surface area contributed by atoms with Crippen LogP contribution < -0.4 is 10.6 Å². The third kappa shape index (κ3) is 4.96. The highest BCUT2D eigenvalue weighted by atomic mass is 16.2. The smallest absolute Gasteiger partial charge is 0.319 e. The van der Waals surface area contributed by atoms with Crippen LogP contribution >= 0.6 is 0 Å². The fraction of sp³-hybridized carbons (Fsp3) is 0.556. The zero-order valence-corrected chi connectivity index (χ0v) is 15.0. The zero-order valence-electron chi connectivity index (χ0n) is 15.0. The molecule has 1 saturated heterocycles. The van der Waals surface area contributed by atoms with E-state index in [1.54, 1.807) is 24.3 Å². The molecular formula is C18H28N4O2. The second-order valence-electron chi connectivity index (χ2n) is 6.82. The van der Waals surface area contributed by atoms with E-state index in [-0.39, 0.29) is 18.0 Å². The second-order valence-corrected chi connectivity index (χ2v) is 6.82. The maximum absolute atomic E-state index is 12.7. The second kappa shape index (κ2) is 8.15. The van der Waals surface area contributed by atoms with E-state index in [1.165, 1.54) is 0 Å². The maximum Gasteiger partial charge on any atom is 0.319 e. The first-order chi connectivity index (χ1) is 11.4. The minimum atomic E-state index is -0.263. The van der Waals surface area contributed by atoms with E-state index in [0.29, 0.717) is 17.3 Å². The molecule has 1 heterocycles. The molecule has 0 bridgehead atoms. The number of benzene rings is 1. The summed E-state index contributed by atoms with van der Waals surface area (Å²) in [5.74, 6) is 0.0279. The predicted octanol–water partition coefficient (Wildman–Crippen LogP) is 2.38. The summed E-state index contributed by atoms with van der Waals surface area (Å²) >= 11 is 0. The molecule has 0 saturated carbocycles. The van der Waals surface area contributed by atoms with Crippen LogP contribution in [-0.4, -0.2) is 61.0 Å². The molecule has 6 heteroatoms. The summed E-state index contributed by atoms with van der Waals surface area (Å²) in [5, 5.41) is 5.53. The van der Waals surface area contributed by atoms with Crippen molar-refractivity contribution in [2.75, 3.05) is 32.5 Å². The molecule has 0 unspecified atom stereocenters. The molecule has 3 amide bonds. The molecule has 1 aromatic carbocycles. The molecule has 0 spiro atoms. The van der Waals surface area contributed by atoms with Crippen LogP contribution in [0.2, 0.25) is 0 Å². The highest BCUT2D eigenvalue weighted by molar-refractivity contribution is 5.97. The van der Waals surface area contributed by atoms with E-state index in [1.807, 2.05) is 18.7 Å². The van der Waals surface area contributed by atoms with Gasteiger partial charge in [0.25, 0.3) is 5.91 Å². The first-order valence-corrected chi connectivity index (χ1v) is 8.50. The zero-order chi connectivity index (χ0) is 17.7. The number of carbonyl (C=O) groups excluding carboxylic acids is 2. The Labute approximate surface area is 144 Å². The highest BCUT2D eigenvalue weighted by Crippen LogP contribution is 2.18. The third-order valence-electron chi connectivity index (χ3n) is 4.27. The van der Waals surface area contributed by atoms with Gasteiger partial charge in [0.1, 0.15) is 0 Å². The molecule has 0 atom stereocenters. The average molecular weight is 332 g/mol. The number of amides is 3. The van der Waals surface area contributed by atoms with E-state index in [2.05, 4.69) is 29.6 Å². The monoisotopic (exact) mass is 332 g/mol. The van der Waals surface area contributed by atoms with Gasteiger partial charge in [0.05, 0.1) is 0 Å². The Morgan fingerprint density at radius 3 is 2.46 bits per heavy atom. The van der Waals surface area contributed by atoms with E-state index in [4.69, 9.17) is 0 Å². The van der Waals surface area contributed by atoms with Crippen LogP contribution in [0.25, 0.3) is 0 Å². The molecule has 0 aromatic heterocycles. The Morgan fingerprint density at radius 2 is 1.88 bits per heavy atom. The molecular weight excluding hydrogens is 304 g/mol. The van der Waals surface area contributed by atoms with E-state index < -0.39 is 0 Å². The van der Waals surface area contributed by atoms with Crippen molar-refractivity contribution in [2.45, 2.75) is 38.8 Å². The molecule has 1 aromatic rings. The van der Waals surface area contributed by atoms with Gasteiger partial charge in [-0.2, -0.15) is 0 Å². The predicted molar refractivity (Wildman–Crippen MR) is 96.3 cm³/mol. The summed E-state index contributed by atoms with van der Waals surface area (Å²) in [5.41, 5.74) is 1.24. The van der Waals surface area contributed by atoms with Crippen LogP contribution in [0.4, 0.5) is 10.5 Å². The van der Waals surface area contributed by atoms with Crippen molar-refractivity contribution in [3.63, 3.8) is 0 Å². The number of anilines is 1. The van der Waals surface area contributed by atoms with Gasteiger partial charge in [-0.25, -0.2) is 4.79 Å². The maximum atomic E-state index is 12.7. The van der Waals surface area contributed by atoms with Gasteiger partial charge in [-0.3, -0.25) is 4.79 Å². The molecule has 0 radical (unpaired) electrons. The number of nitrogens with zero attached hydrogens (tertiary/aromatic N) is 2. The van der Waals surface area contributed by atoms with Crippen LogP contribution in [0.5, 0.6) is 0 Å². The van der Waals surface area contributed by atoms with Gasteiger partial charge in [0, 0.05) is 36.4 Å². The van der Waals surface area contributed by atoms with Gasteiger partial charge in [0.2, 0.25) is 0 Å². The van der Waals surface area contributed by atoms with E-state index >= 15 is 0 Å². The summed E-state index contributed by atoms with van der Waals surface area (Å²) < 4.78 is 0. The number of hydrogen-bond acceptors (Lipinski definition) is 3. The largest absolute Gasteiger partial charge is 0.339 e. The standard InChI is InChI=1S/C18H28N4O2/c1-13(2)19-18(24)20-15-7-5-6-14(12-15)17(23)22-10-8-16(9-11-22)21(3)4/h5-7,12-13,16H,8-11H2,1-4H3,(H2,19,20,24). The van der Waals surface area contributed by atoms with Crippen molar-refractivity contribution in [1.29, 1.82) is 0 Å². The first kappa shape index (κ1) is 18.3. The Hall–Kier alpha value is -2.08. The van der Waals surface area contributed by atoms with Gasteiger partial charge in [-0.1, -0.05) is 6.07 Å². The molecule has 1 aliphatic rings. The number of carbonyl (C=O) groups is 2. The summed E-state index contributed by atoms with van der Waals surface area (Å²) in [7, 11) is 4.17. The van der Waals surface area contributed by atoms with Crippen LogP contribution in [0, 0.1) is 0 Å². The third-order valence-corrected chi connectivity index (χ3v) is 4.27. The average Bonchev–Trinajstić information content (AvgIpc) is 2.53. The molecule has 2 rings (SSSR count). The Kier molecular flexibility index (Phi) is 6.20. The highest BCUT2D eigenvalue weighted by Gasteiger charge is 2.24. The summed E-state index contributed by atoms with van der Waals surface area (Å²) in [6, 6.07) is 7.46. The van der Waals surface area contributed by atoms with E-state index in [9.17, 15) is 9.59 Å². The Balaban J connectivity index is 1.98. The fourth-order valence-corrected chi connectivity index (χ4v) is 2.93. The molecule has 0 aliphatic carbocycles. The lowest BCUT2D eigenvalue weighted by atomic mass is 10.0. The minimum absolute atomic E-state index is 0.0279. The van der Waals surface area contributed by atoms with Crippen molar-refractivity contribution in [3.8, 4) is 0 Å². The SMILES string of the molecule is CC(C)NC(=O)Nc1cccc(C(=O)N2CCC(N(C)C)CC2)c1. The molecule has 2 N–H and O–H groups in total. The molecule has 1 aliphatic heterocycles. The lowest BCUT2D eigenvalue weighted by Crippen LogP contribution is -2.44. The Bertz CT molecular complexity index is 578. The minimum Gasteiger partial charge on any atom is -0.339 e. The molecule has 1 fully saturated rings. The molecule has 6 nitrogen and oxygen atoms in total. The van der Waals surface area contributed by atoms with Crippen LogP contribution in [0.15, 0.2) is 24.3 Å². The van der Waals surface area contributed by atoms with Gasteiger partial charge in [-0.15, -0.1) is 0 Å². The van der Waals surface area contributed by atoms with Crippen LogP contribution in [-0.2, 0) is 0 Å². The van der Waals surface area contributed by atoms with Gasteiger partial charge < -0.3 is 20.4 Å². The van der Waals surface area contributed by atoms with Crippen LogP contribution in [0.3, 0.4) is 0 Å². The van der Waals surface area contributed by atoms with Gasteiger partial charge >= 0.3 is 6.03 Å². The molecule has 132 valence electrons. The first-order valence-electron chi connectivity index (χ1n) is 8.50. The lowest BCUT2D eigenvalue weighted by Gasteiger charge is -2.35. The lowest BCUT2D eigenvalue weighted by molar-refractivity contribution is 0.0663. The topological polar surface area (TPSA) is 64.7 Å². The van der Waals surface area contributed by atoms with Crippen molar-refractivity contribution in [2.24, 2.45) is 0 Å². The summed E-state index contributed by atoms with van der Waals surface area (Å²) in [6.45, 7) is 5.34. The normalized spacial score (nSPS) is 15.7. The number of likely N-dealkylation sites (tertiary alicyclic amines) is 1. The molecule has 24 heavy (non-hydrogen) atoms. The van der Waals surface area contributed by atoms with Crippen molar-refractivity contribution in [3.05, 3.63) is 29.8 Å². The summed E-state index contributed by atoms with van der Waals surface area (Å²) in [6.07, 6.45) is 1.99. The Morgan fingerprint density at radius 1 is 1.21 bits per heavy atom. The van der Waals surface area contributed by atoms with Crippen LogP contribution in [0.1, 0.15) is 37.0 Å². The number of piperidine rings is 1. The fourth-order valence-electron chi connectivity index (χ4n) is 2.93. The quantitative estimate of drug-likeness (QED) is 0.890. The van der Waals surface area contributed by atoms with Crippen molar-refractivity contribution >= 4 is 17.6 Å². The van der Waals surface area contributed by atoms with Gasteiger partial charge in [0.15, 0.2) is 0 Å². The van der Waals surface area contributed by atoms with Gasteiger partial charge in [-0.05, 0) is 59.0 Å². The van der Waals surface area contributed by atoms with E-state index in [0.717, 1.165) is 25.9 Å². The number of rotatable bonds is 4. The number of hydrogen-bond donors (Lipinski definition) is 2. The number of nitrogens with one attached hydrogen (secondary N) is 2. The van der Waals surface area contributed by atoms with Crippen molar-refractivity contribution < 1.29 is 9.59 Å².